The largest absolute Gasteiger partial charge is 0.394 e. The monoisotopic (exact) mass is 305 g/mol. The van der Waals surface area contributed by atoms with Crippen LogP contribution < -0.4 is 5.73 Å². The van der Waals surface area contributed by atoms with Crippen LogP contribution in [0, 0.1) is 11.8 Å². The van der Waals surface area contributed by atoms with E-state index in [9.17, 15) is 10.2 Å². The Kier molecular flexibility index (Phi) is 8.97. The van der Waals surface area contributed by atoms with E-state index in [1.165, 1.54) is 7.11 Å². The molecule has 5 nitrogen and oxygen atoms in total. The Morgan fingerprint density at radius 2 is 1.71 bits per heavy atom. The van der Waals surface area contributed by atoms with Crippen LogP contribution in [0.4, 0.5) is 0 Å². The van der Waals surface area contributed by atoms with Crippen molar-refractivity contribution in [1.82, 2.24) is 0 Å². The van der Waals surface area contributed by atoms with E-state index in [-0.39, 0.29) is 12.5 Å². The average Bonchev–Trinajstić information content (AvgIpc) is 2.36. The van der Waals surface area contributed by atoms with Gasteiger partial charge in [-0.2, -0.15) is 0 Å². The second-order valence-corrected chi connectivity index (χ2v) is 7.04. The number of hydrogen-bond donors (Lipinski definition) is 3. The minimum absolute atomic E-state index is 0.183. The van der Waals surface area contributed by atoms with Gasteiger partial charge >= 0.3 is 0 Å². The molecule has 0 radical (unpaired) electrons. The summed E-state index contributed by atoms with van der Waals surface area (Å²) >= 11 is 0. The molecule has 0 bridgehead atoms. The Morgan fingerprint density at radius 1 is 1.19 bits per heavy atom. The molecule has 0 saturated carbocycles. The summed E-state index contributed by atoms with van der Waals surface area (Å²) in [6.45, 7) is 11.8. The van der Waals surface area contributed by atoms with Crippen LogP contribution in [0.15, 0.2) is 0 Å². The van der Waals surface area contributed by atoms with Crippen LogP contribution in [0.1, 0.15) is 48.0 Å². The van der Waals surface area contributed by atoms with Gasteiger partial charge in [0.1, 0.15) is 12.2 Å². The predicted octanol–water partition coefficient (Wildman–Crippen LogP) is 1.55. The summed E-state index contributed by atoms with van der Waals surface area (Å²) < 4.78 is 11.2. The molecule has 0 aromatic heterocycles. The molecule has 0 amide bonds. The van der Waals surface area contributed by atoms with Crippen LogP contribution in [0.5, 0.6) is 0 Å². The smallest absolute Gasteiger partial charge is 0.114 e. The van der Waals surface area contributed by atoms with Gasteiger partial charge in [-0.05, 0) is 32.6 Å². The highest BCUT2D eigenvalue weighted by Crippen LogP contribution is 2.25. The summed E-state index contributed by atoms with van der Waals surface area (Å²) in [5.74, 6) is 0.548. The summed E-state index contributed by atoms with van der Waals surface area (Å²) in [5.41, 5.74) is 5.81. The Balaban J connectivity index is 5.21. The van der Waals surface area contributed by atoms with E-state index in [2.05, 4.69) is 20.8 Å². The highest BCUT2D eigenvalue weighted by atomic mass is 16.6. The first-order valence-electron chi connectivity index (χ1n) is 7.84. The molecular formula is C16H35NO4. The van der Waals surface area contributed by atoms with E-state index >= 15 is 0 Å². The summed E-state index contributed by atoms with van der Waals surface area (Å²) in [7, 11) is 1.50. The number of methoxy groups -OCH3 is 1. The first-order valence-corrected chi connectivity index (χ1v) is 7.84. The molecular weight excluding hydrogens is 270 g/mol. The fourth-order valence-corrected chi connectivity index (χ4v) is 2.75. The van der Waals surface area contributed by atoms with Crippen molar-refractivity contribution < 1.29 is 19.7 Å². The minimum Gasteiger partial charge on any atom is -0.394 e. The van der Waals surface area contributed by atoms with Crippen LogP contribution in [-0.4, -0.2) is 53.9 Å². The number of aliphatic hydroxyl groups excluding tert-OH is 2. The molecule has 5 heteroatoms. The van der Waals surface area contributed by atoms with Crippen molar-refractivity contribution in [1.29, 1.82) is 0 Å². The molecule has 0 aromatic rings. The first kappa shape index (κ1) is 20.8. The van der Waals surface area contributed by atoms with Crippen molar-refractivity contribution in [3.63, 3.8) is 0 Å². The van der Waals surface area contributed by atoms with Crippen LogP contribution >= 0.6 is 0 Å². The van der Waals surface area contributed by atoms with E-state index in [4.69, 9.17) is 15.2 Å². The maximum absolute atomic E-state index is 10.7. The molecule has 0 spiro atoms. The summed E-state index contributed by atoms with van der Waals surface area (Å²) in [4.78, 5) is 0. The van der Waals surface area contributed by atoms with E-state index in [1.54, 1.807) is 0 Å². The second kappa shape index (κ2) is 9.06. The summed E-state index contributed by atoms with van der Waals surface area (Å²) in [6.07, 6.45) is -1.28. The van der Waals surface area contributed by atoms with Crippen LogP contribution in [0.2, 0.25) is 0 Å². The lowest BCUT2D eigenvalue weighted by Crippen LogP contribution is -2.56. The van der Waals surface area contributed by atoms with Crippen LogP contribution in [0.25, 0.3) is 0 Å². The van der Waals surface area contributed by atoms with Gasteiger partial charge < -0.3 is 25.4 Å². The Morgan fingerprint density at radius 3 is 2.00 bits per heavy atom. The van der Waals surface area contributed by atoms with E-state index in [1.807, 2.05) is 20.8 Å². The lowest BCUT2D eigenvalue weighted by molar-refractivity contribution is -0.177. The standard InChI is InChI=1S/C16H35NO4/c1-8-11(10(2)3)13(17)14(19)15(12(9-18)20-7)21-16(4,5)6/h10-15,18-19H,8-9,17H2,1-7H3. The molecule has 0 fully saturated rings. The highest BCUT2D eigenvalue weighted by molar-refractivity contribution is 4.91. The second-order valence-electron chi connectivity index (χ2n) is 7.04. The maximum atomic E-state index is 10.7. The summed E-state index contributed by atoms with van der Waals surface area (Å²) in [6, 6.07) is -0.424. The van der Waals surface area contributed by atoms with Gasteiger partial charge in [-0.1, -0.05) is 27.2 Å². The lowest BCUT2D eigenvalue weighted by Gasteiger charge is -2.39. The van der Waals surface area contributed by atoms with Crippen molar-refractivity contribution in [2.24, 2.45) is 17.6 Å². The molecule has 0 aliphatic carbocycles. The third-order valence-corrected chi connectivity index (χ3v) is 3.89. The zero-order chi connectivity index (χ0) is 16.8. The van der Waals surface area contributed by atoms with Gasteiger partial charge in [-0.3, -0.25) is 0 Å². The molecule has 0 rings (SSSR count). The van der Waals surface area contributed by atoms with Crippen molar-refractivity contribution in [2.75, 3.05) is 13.7 Å². The van der Waals surface area contributed by atoms with Gasteiger partial charge in [0.15, 0.2) is 0 Å². The number of rotatable bonds is 9. The number of hydrogen-bond acceptors (Lipinski definition) is 5. The first-order chi connectivity index (χ1) is 9.58. The zero-order valence-corrected chi connectivity index (χ0v) is 14.7. The molecule has 0 aliphatic heterocycles. The van der Waals surface area contributed by atoms with E-state index in [0.29, 0.717) is 5.92 Å². The molecule has 5 unspecified atom stereocenters. The van der Waals surface area contributed by atoms with Crippen molar-refractivity contribution in [3.05, 3.63) is 0 Å². The molecule has 0 aliphatic rings. The molecule has 0 aromatic carbocycles. The quantitative estimate of drug-likeness (QED) is 0.602. The number of ether oxygens (including phenoxy) is 2. The third kappa shape index (κ3) is 6.61. The molecule has 0 heterocycles. The normalized spacial score (nSPS) is 20.1. The number of aliphatic hydroxyl groups is 2. The highest BCUT2D eigenvalue weighted by Gasteiger charge is 2.38. The fraction of sp³-hybridized carbons (Fsp3) is 1.00. The Labute approximate surface area is 129 Å². The van der Waals surface area contributed by atoms with Gasteiger partial charge in [0.25, 0.3) is 0 Å². The Hall–Kier alpha value is -0.200. The number of nitrogens with two attached hydrogens (primary N) is 1. The van der Waals surface area contributed by atoms with E-state index < -0.39 is 30.0 Å². The van der Waals surface area contributed by atoms with Gasteiger partial charge in [-0.25, -0.2) is 0 Å². The van der Waals surface area contributed by atoms with Gasteiger partial charge in [0.2, 0.25) is 0 Å². The summed E-state index contributed by atoms with van der Waals surface area (Å²) in [5, 5.41) is 20.2. The SMILES string of the molecule is CCC(C(C)C)C(N)C(O)C(OC(C)(C)C)C(CO)OC. The third-order valence-electron chi connectivity index (χ3n) is 3.89. The van der Waals surface area contributed by atoms with Crippen LogP contribution in [0.3, 0.4) is 0 Å². The molecule has 5 atom stereocenters. The minimum atomic E-state index is -0.895. The van der Waals surface area contributed by atoms with Crippen molar-refractivity contribution in [3.8, 4) is 0 Å². The molecule has 4 N–H and O–H groups in total. The maximum Gasteiger partial charge on any atom is 0.114 e. The molecule has 0 saturated heterocycles. The van der Waals surface area contributed by atoms with Crippen molar-refractivity contribution in [2.45, 2.75) is 77.9 Å². The van der Waals surface area contributed by atoms with Gasteiger partial charge in [0.05, 0.1) is 18.3 Å². The predicted molar refractivity (Wildman–Crippen MR) is 85.1 cm³/mol. The fourth-order valence-electron chi connectivity index (χ4n) is 2.75. The molecule has 128 valence electrons. The van der Waals surface area contributed by atoms with Crippen molar-refractivity contribution >= 4 is 0 Å². The topological polar surface area (TPSA) is 84.9 Å². The lowest BCUT2D eigenvalue weighted by atomic mass is 9.82. The van der Waals surface area contributed by atoms with Crippen LogP contribution in [-0.2, 0) is 9.47 Å². The van der Waals surface area contributed by atoms with E-state index in [0.717, 1.165) is 6.42 Å². The Bertz CT molecular complexity index is 274. The van der Waals surface area contributed by atoms with Gasteiger partial charge in [-0.15, -0.1) is 0 Å². The molecule has 21 heavy (non-hydrogen) atoms. The zero-order valence-electron chi connectivity index (χ0n) is 14.7. The van der Waals surface area contributed by atoms with Gasteiger partial charge in [0, 0.05) is 13.2 Å². The average molecular weight is 305 g/mol.